The summed E-state index contributed by atoms with van der Waals surface area (Å²) in [5.74, 6) is -0.228. The molecule has 9 heteroatoms. The number of sulfonamides is 1. The number of rotatable bonds is 3. The molecule has 0 spiro atoms. The Kier molecular flexibility index (Phi) is 4.98. The Labute approximate surface area is 166 Å². The second kappa shape index (κ2) is 6.91. The Morgan fingerprint density at radius 3 is 2.14 bits per heavy atom. The fourth-order valence-electron chi connectivity index (χ4n) is 2.83. The van der Waals surface area contributed by atoms with Crippen molar-refractivity contribution in [2.24, 2.45) is 5.41 Å². The van der Waals surface area contributed by atoms with Gasteiger partial charge in [-0.1, -0.05) is 32.9 Å². The molecule has 0 radical (unpaired) electrons. The molecule has 0 fully saturated rings. The first-order chi connectivity index (χ1) is 13.3. The molecule has 0 saturated carbocycles. The monoisotopic (exact) mass is 424 g/mol. The molecule has 1 heterocycles. The molecule has 0 amide bonds. The van der Waals surface area contributed by atoms with Crippen LogP contribution in [0.15, 0.2) is 59.6 Å². The van der Waals surface area contributed by atoms with Gasteiger partial charge in [0, 0.05) is 17.0 Å². The molecule has 0 saturated heterocycles. The van der Waals surface area contributed by atoms with Crippen LogP contribution in [0.4, 0.5) is 18.9 Å². The molecule has 3 aromatic rings. The molecule has 5 nitrogen and oxygen atoms in total. The van der Waals surface area contributed by atoms with Gasteiger partial charge in [0.1, 0.15) is 0 Å². The number of hydrogen-bond acceptors (Lipinski definition) is 3. The lowest BCUT2D eigenvalue weighted by Crippen LogP contribution is -2.26. The number of carbonyl (C=O) groups excluding carboxylic acids is 1. The van der Waals surface area contributed by atoms with Crippen molar-refractivity contribution in [2.75, 3.05) is 4.72 Å². The van der Waals surface area contributed by atoms with E-state index in [1.807, 2.05) is 0 Å². The molecule has 2 aromatic carbocycles. The number of nitrogens with one attached hydrogen (secondary N) is 1. The number of benzene rings is 2. The summed E-state index contributed by atoms with van der Waals surface area (Å²) in [6.45, 7) is 5.24. The zero-order valence-electron chi connectivity index (χ0n) is 15.9. The van der Waals surface area contributed by atoms with E-state index in [1.165, 1.54) is 10.6 Å². The zero-order chi connectivity index (χ0) is 21.6. The lowest BCUT2D eigenvalue weighted by Gasteiger charge is -2.19. The Bertz CT molecular complexity index is 1170. The lowest BCUT2D eigenvalue weighted by atomic mass is 9.95. The summed E-state index contributed by atoms with van der Waals surface area (Å²) in [5.41, 5.74) is -1.11. The van der Waals surface area contributed by atoms with Crippen LogP contribution >= 0.6 is 0 Å². The predicted molar refractivity (Wildman–Crippen MR) is 104 cm³/mol. The first-order valence-electron chi connectivity index (χ1n) is 8.66. The number of aromatic nitrogens is 1. The minimum absolute atomic E-state index is 0.157. The van der Waals surface area contributed by atoms with Crippen molar-refractivity contribution in [3.63, 3.8) is 0 Å². The molecule has 29 heavy (non-hydrogen) atoms. The maximum atomic E-state index is 12.7. The van der Waals surface area contributed by atoms with E-state index in [9.17, 15) is 26.4 Å². The van der Waals surface area contributed by atoms with Crippen molar-refractivity contribution in [3.05, 3.63) is 60.3 Å². The van der Waals surface area contributed by atoms with Crippen LogP contribution in [-0.4, -0.2) is 18.9 Å². The average molecular weight is 424 g/mol. The SMILES string of the molecule is CC(C)(C)C(=O)n1ccc2cccc(NS(=O)(=O)c3ccc(C(F)(F)F)cc3)c21. The van der Waals surface area contributed by atoms with Gasteiger partial charge in [0.25, 0.3) is 10.0 Å². The van der Waals surface area contributed by atoms with E-state index in [-0.39, 0.29) is 16.5 Å². The number of carbonyl (C=O) groups is 1. The summed E-state index contributed by atoms with van der Waals surface area (Å²) < 4.78 is 67.4. The van der Waals surface area contributed by atoms with Crippen LogP contribution in [0.1, 0.15) is 31.1 Å². The normalized spacial score (nSPS) is 12.9. The Balaban J connectivity index is 2.03. The Morgan fingerprint density at radius 2 is 1.59 bits per heavy atom. The first kappa shape index (κ1) is 20.9. The Morgan fingerprint density at radius 1 is 0.966 bits per heavy atom. The summed E-state index contributed by atoms with van der Waals surface area (Å²) in [5, 5.41) is 0.648. The van der Waals surface area contributed by atoms with Gasteiger partial charge in [-0.3, -0.25) is 14.1 Å². The summed E-state index contributed by atoms with van der Waals surface area (Å²) in [7, 11) is -4.16. The number of nitrogens with zero attached hydrogens (tertiary/aromatic N) is 1. The second-order valence-electron chi connectivity index (χ2n) is 7.61. The predicted octanol–water partition coefficient (Wildman–Crippen LogP) is 5.15. The summed E-state index contributed by atoms with van der Waals surface area (Å²) in [6, 6.07) is 9.75. The van der Waals surface area contributed by atoms with Gasteiger partial charge in [-0.25, -0.2) is 8.42 Å². The summed E-state index contributed by atoms with van der Waals surface area (Å²) in [4.78, 5) is 12.4. The van der Waals surface area contributed by atoms with E-state index in [2.05, 4.69) is 4.72 Å². The van der Waals surface area contributed by atoms with Gasteiger partial charge in [-0.2, -0.15) is 13.2 Å². The highest BCUT2D eigenvalue weighted by Crippen LogP contribution is 2.32. The molecule has 1 N–H and O–H groups in total. The third-order valence-electron chi connectivity index (χ3n) is 4.31. The number of anilines is 1. The van der Waals surface area contributed by atoms with Crippen LogP contribution in [0.5, 0.6) is 0 Å². The van der Waals surface area contributed by atoms with Crippen LogP contribution in [0.25, 0.3) is 10.9 Å². The van der Waals surface area contributed by atoms with Crippen molar-refractivity contribution in [1.29, 1.82) is 0 Å². The van der Waals surface area contributed by atoms with E-state index in [0.29, 0.717) is 23.0 Å². The number of alkyl halides is 3. The van der Waals surface area contributed by atoms with Crippen molar-refractivity contribution in [1.82, 2.24) is 4.57 Å². The quantitative estimate of drug-likeness (QED) is 0.633. The van der Waals surface area contributed by atoms with Crippen molar-refractivity contribution in [3.8, 4) is 0 Å². The lowest BCUT2D eigenvalue weighted by molar-refractivity contribution is -0.137. The molecule has 0 atom stereocenters. The first-order valence-corrected chi connectivity index (χ1v) is 10.1. The molecule has 154 valence electrons. The Hall–Kier alpha value is -2.81. The molecule has 0 bridgehead atoms. The van der Waals surface area contributed by atoms with Crippen LogP contribution in [0.2, 0.25) is 0 Å². The molecule has 0 aliphatic rings. The largest absolute Gasteiger partial charge is 0.416 e. The van der Waals surface area contributed by atoms with Crippen LogP contribution in [0.3, 0.4) is 0 Å². The molecular formula is C20H19F3N2O3S. The van der Waals surface area contributed by atoms with Gasteiger partial charge < -0.3 is 0 Å². The number of fused-ring (bicyclic) bond motifs is 1. The highest BCUT2D eigenvalue weighted by atomic mass is 32.2. The van der Waals surface area contributed by atoms with Crippen molar-refractivity contribution < 1.29 is 26.4 Å². The minimum atomic E-state index is -4.56. The third-order valence-corrected chi connectivity index (χ3v) is 5.69. The smallest absolute Gasteiger partial charge is 0.285 e. The van der Waals surface area contributed by atoms with Gasteiger partial charge in [0.2, 0.25) is 5.91 Å². The van der Waals surface area contributed by atoms with E-state index in [0.717, 1.165) is 12.1 Å². The fraction of sp³-hybridized carbons (Fsp3) is 0.250. The van der Waals surface area contributed by atoms with Gasteiger partial charge in [0.15, 0.2) is 0 Å². The molecule has 3 rings (SSSR count). The maximum Gasteiger partial charge on any atom is 0.416 e. The van der Waals surface area contributed by atoms with Gasteiger partial charge in [0.05, 0.1) is 21.7 Å². The molecule has 0 aliphatic carbocycles. The highest BCUT2D eigenvalue weighted by Gasteiger charge is 2.31. The fourth-order valence-corrected chi connectivity index (χ4v) is 3.90. The average Bonchev–Trinajstić information content (AvgIpc) is 3.04. The van der Waals surface area contributed by atoms with Crippen LogP contribution in [-0.2, 0) is 16.2 Å². The third kappa shape index (κ3) is 4.14. The molecular weight excluding hydrogens is 405 g/mol. The molecule has 0 aliphatic heterocycles. The summed E-state index contributed by atoms with van der Waals surface area (Å²) in [6.07, 6.45) is -3.00. The van der Waals surface area contributed by atoms with E-state index in [4.69, 9.17) is 0 Å². The van der Waals surface area contributed by atoms with Crippen molar-refractivity contribution in [2.45, 2.75) is 31.8 Å². The standard InChI is InChI=1S/C20H19F3N2O3S/c1-19(2,3)18(26)25-12-11-13-5-4-6-16(17(13)25)24-29(27,28)15-9-7-14(8-10-15)20(21,22)23/h4-12,24H,1-3H3. The minimum Gasteiger partial charge on any atom is -0.285 e. The van der Waals surface area contributed by atoms with E-state index < -0.39 is 27.2 Å². The summed E-state index contributed by atoms with van der Waals surface area (Å²) >= 11 is 0. The van der Waals surface area contributed by atoms with E-state index >= 15 is 0 Å². The van der Waals surface area contributed by atoms with Gasteiger partial charge >= 0.3 is 6.18 Å². The van der Waals surface area contributed by atoms with Gasteiger partial charge in [-0.15, -0.1) is 0 Å². The van der Waals surface area contributed by atoms with Crippen molar-refractivity contribution >= 4 is 32.5 Å². The molecule has 1 aromatic heterocycles. The van der Waals surface area contributed by atoms with Gasteiger partial charge in [-0.05, 0) is 36.4 Å². The second-order valence-corrected chi connectivity index (χ2v) is 9.29. The topological polar surface area (TPSA) is 68.2 Å². The number of halogens is 3. The van der Waals surface area contributed by atoms with Crippen LogP contribution in [0, 0.1) is 5.41 Å². The number of hydrogen-bond donors (Lipinski definition) is 1. The van der Waals surface area contributed by atoms with Crippen LogP contribution < -0.4 is 4.72 Å². The number of para-hydroxylation sites is 1. The van der Waals surface area contributed by atoms with E-state index in [1.54, 1.807) is 45.2 Å². The zero-order valence-corrected chi connectivity index (χ0v) is 16.7. The maximum absolute atomic E-state index is 12.7. The molecule has 0 unspecified atom stereocenters. The highest BCUT2D eigenvalue weighted by molar-refractivity contribution is 7.92.